The van der Waals surface area contributed by atoms with Gasteiger partial charge in [0, 0.05) is 6.21 Å². The number of nitrogens with zero attached hydrogens (tertiary/aromatic N) is 1. The fourth-order valence-corrected chi connectivity index (χ4v) is 3.35. The SMILES string of the molecule is C=CCOc1c(Br)cc(C=Nc2ccc(CC)cc2)cc1Br. The molecule has 2 nitrogen and oxygen atoms in total. The number of aryl methyl sites for hydroxylation is 1. The fourth-order valence-electron chi connectivity index (χ4n) is 1.90. The summed E-state index contributed by atoms with van der Waals surface area (Å²) in [6.07, 6.45) is 4.60. The van der Waals surface area contributed by atoms with Crippen molar-refractivity contribution in [1.29, 1.82) is 0 Å². The van der Waals surface area contributed by atoms with Crippen LogP contribution in [0.5, 0.6) is 5.75 Å². The number of hydrogen-bond donors (Lipinski definition) is 0. The van der Waals surface area contributed by atoms with Gasteiger partial charge >= 0.3 is 0 Å². The van der Waals surface area contributed by atoms with Crippen LogP contribution in [0, 0.1) is 0 Å². The highest BCUT2D eigenvalue weighted by Crippen LogP contribution is 2.34. The van der Waals surface area contributed by atoms with Crippen LogP contribution in [0.25, 0.3) is 0 Å². The van der Waals surface area contributed by atoms with Gasteiger partial charge in [0.2, 0.25) is 0 Å². The lowest BCUT2D eigenvalue weighted by atomic mass is 10.1. The van der Waals surface area contributed by atoms with E-state index in [1.54, 1.807) is 6.08 Å². The molecule has 2 aromatic rings. The van der Waals surface area contributed by atoms with E-state index in [9.17, 15) is 0 Å². The van der Waals surface area contributed by atoms with E-state index in [4.69, 9.17) is 4.74 Å². The molecule has 0 aromatic heterocycles. The first-order valence-corrected chi connectivity index (χ1v) is 8.58. The summed E-state index contributed by atoms with van der Waals surface area (Å²) in [5.74, 6) is 0.768. The lowest BCUT2D eigenvalue weighted by molar-refractivity contribution is 0.358. The average Bonchev–Trinajstić information content (AvgIpc) is 2.52. The summed E-state index contributed by atoms with van der Waals surface area (Å²) in [4.78, 5) is 4.50. The Morgan fingerprint density at radius 1 is 1.14 bits per heavy atom. The Morgan fingerprint density at radius 2 is 1.77 bits per heavy atom. The van der Waals surface area contributed by atoms with Crippen molar-refractivity contribution in [2.45, 2.75) is 13.3 Å². The molecule has 0 saturated carbocycles. The van der Waals surface area contributed by atoms with E-state index in [1.807, 2.05) is 30.5 Å². The van der Waals surface area contributed by atoms with Crippen molar-refractivity contribution >= 4 is 43.8 Å². The van der Waals surface area contributed by atoms with E-state index in [1.165, 1.54) is 5.56 Å². The second kappa shape index (κ2) is 8.30. The first-order valence-electron chi connectivity index (χ1n) is 6.99. The van der Waals surface area contributed by atoms with Gasteiger partial charge in [0.15, 0.2) is 0 Å². The van der Waals surface area contributed by atoms with Crippen molar-refractivity contribution in [3.8, 4) is 5.75 Å². The third-order valence-corrected chi connectivity index (χ3v) is 4.25. The Kier molecular flexibility index (Phi) is 6.40. The zero-order valence-corrected chi connectivity index (χ0v) is 15.5. The van der Waals surface area contributed by atoms with E-state index in [0.29, 0.717) is 6.61 Å². The van der Waals surface area contributed by atoms with Crippen molar-refractivity contribution in [3.05, 3.63) is 69.1 Å². The molecule has 0 bridgehead atoms. The Morgan fingerprint density at radius 3 is 2.32 bits per heavy atom. The van der Waals surface area contributed by atoms with Gasteiger partial charge < -0.3 is 4.74 Å². The number of benzene rings is 2. The topological polar surface area (TPSA) is 21.6 Å². The van der Waals surface area contributed by atoms with E-state index < -0.39 is 0 Å². The van der Waals surface area contributed by atoms with Gasteiger partial charge in [-0.2, -0.15) is 0 Å². The molecule has 114 valence electrons. The zero-order valence-electron chi connectivity index (χ0n) is 12.4. The maximum Gasteiger partial charge on any atom is 0.148 e. The Balaban J connectivity index is 2.18. The van der Waals surface area contributed by atoms with Gasteiger partial charge in [0.25, 0.3) is 0 Å². The lowest BCUT2D eigenvalue weighted by Gasteiger charge is -2.09. The summed E-state index contributed by atoms with van der Waals surface area (Å²) in [6.45, 7) is 6.26. The minimum atomic E-state index is 0.467. The zero-order chi connectivity index (χ0) is 15.9. The first-order chi connectivity index (χ1) is 10.6. The molecule has 0 aliphatic rings. The van der Waals surface area contributed by atoms with Crippen LogP contribution < -0.4 is 4.74 Å². The molecular formula is C18H17Br2NO. The summed E-state index contributed by atoms with van der Waals surface area (Å²) in [5, 5.41) is 0. The predicted molar refractivity (Wildman–Crippen MR) is 101 cm³/mol. The lowest BCUT2D eigenvalue weighted by Crippen LogP contribution is -1.96. The van der Waals surface area contributed by atoms with Crippen molar-refractivity contribution < 1.29 is 4.74 Å². The largest absolute Gasteiger partial charge is 0.487 e. The van der Waals surface area contributed by atoms with Crippen LogP contribution in [0.2, 0.25) is 0 Å². The molecule has 2 rings (SSSR count). The van der Waals surface area contributed by atoms with Gasteiger partial charge in [-0.1, -0.05) is 31.7 Å². The maximum absolute atomic E-state index is 5.60. The van der Waals surface area contributed by atoms with E-state index in [2.05, 4.69) is 62.5 Å². The van der Waals surface area contributed by atoms with Gasteiger partial charge in [-0.25, -0.2) is 0 Å². The molecule has 4 heteroatoms. The molecule has 0 atom stereocenters. The van der Waals surface area contributed by atoms with Gasteiger partial charge in [-0.05, 0) is 73.7 Å². The Hall–Kier alpha value is -1.39. The minimum absolute atomic E-state index is 0.467. The Bertz CT molecular complexity index is 655. The van der Waals surface area contributed by atoms with Crippen LogP contribution in [0.3, 0.4) is 0 Å². The smallest absolute Gasteiger partial charge is 0.148 e. The normalized spacial score (nSPS) is 10.9. The van der Waals surface area contributed by atoms with Gasteiger partial charge in [-0.3, -0.25) is 4.99 Å². The predicted octanol–water partition coefficient (Wildman–Crippen LogP) is 6.09. The van der Waals surface area contributed by atoms with E-state index >= 15 is 0 Å². The monoisotopic (exact) mass is 421 g/mol. The molecule has 0 heterocycles. The van der Waals surface area contributed by atoms with Crippen LogP contribution in [0.1, 0.15) is 18.1 Å². The van der Waals surface area contributed by atoms with Crippen LogP contribution in [-0.2, 0) is 6.42 Å². The molecular weight excluding hydrogens is 406 g/mol. The van der Waals surface area contributed by atoms with Crippen molar-refractivity contribution in [2.75, 3.05) is 6.61 Å². The third kappa shape index (κ3) is 4.55. The van der Waals surface area contributed by atoms with Crippen molar-refractivity contribution in [2.24, 2.45) is 4.99 Å². The molecule has 2 aromatic carbocycles. The van der Waals surface area contributed by atoms with E-state index in [0.717, 1.165) is 32.4 Å². The highest BCUT2D eigenvalue weighted by molar-refractivity contribution is 9.11. The summed E-state index contributed by atoms with van der Waals surface area (Å²) in [7, 11) is 0. The molecule has 0 aliphatic carbocycles. The van der Waals surface area contributed by atoms with Crippen molar-refractivity contribution in [3.63, 3.8) is 0 Å². The highest BCUT2D eigenvalue weighted by Gasteiger charge is 2.07. The van der Waals surface area contributed by atoms with Crippen molar-refractivity contribution in [1.82, 2.24) is 0 Å². The molecule has 0 spiro atoms. The van der Waals surface area contributed by atoms with Crippen LogP contribution >= 0.6 is 31.9 Å². The van der Waals surface area contributed by atoms with Crippen LogP contribution in [-0.4, -0.2) is 12.8 Å². The Labute approximate surface area is 148 Å². The number of halogens is 2. The van der Waals surface area contributed by atoms with Gasteiger partial charge in [0.1, 0.15) is 12.4 Å². The second-order valence-electron chi connectivity index (χ2n) is 4.69. The molecule has 0 N–H and O–H groups in total. The summed E-state index contributed by atoms with van der Waals surface area (Å²) < 4.78 is 7.37. The van der Waals surface area contributed by atoms with Crippen LogP contribution in [0.15, 0.2) is 63.0 Å². The standard InChI is InChI=1S/C18H17Br2NO/c1-3-9-22-18-16(19)10-14(11-17(18)20)12-21-15-7-5-13(4-2)6-8-15/h3,5-8,10-12H,1,4,9H2,2H3. The minimum Gasteiger partial charge on any atom is -0.487 e. The molecule has 0 fully saturated rings. The fraction of sp³-hybridized carbons (Fsp3) is 0.167. The maximum atomic E-state index is 5.60. The average molecular weight is 423 g/mol. The quantitative estimate of drug-likeness (QED) is 0.407. The number of rotatable bonds is 6. The van der Waals surface area contributed by atoms with Gasteiger partial charge in [0.05, 0.1) is 14.6 Å². The number of aliphatic imine (C=N–C) groups is 1. The molecule has 0 radical (unpaired) electrons. The van der Waals surface area contributed by atoms with Crippen LogP contribution in [0.4, 0.5) is 5.69 Å². The summed E-state index contributed by atoms with van der Waals surface area (Å²) >= 11 is 7.04. The molecule has 0 aliphatic heterocycles. The summed E-state index contributed by atoms with van der Waals surface area (Å²) in [5.41, 5.74) is 3.24. The highest BCUT2D eigenvalue weighted by atomic mass is 79.9. The molecule has 0 unspecified atom stereocenters. The molecule has 22 heavy (non-hydrogen) atoms. The first kappa shape index (κ1) is 17.0. The molecule has 0 amide bonds. The second-order valence-corrected chi connectivity index (χ2v) is 6.40. The van der Waals surface area contributed by atoms with E-state index in [-0.39, 0.29) is 0 Å². The third-order valence-electron chi connectivity index (χ3n) is 3.07. The number of ether oxygens (including phenoxy) is 1. The number of hydrogen-bond acceptors (Lipinski definition) is 2. The molecule has 0 saturated heterocycles. The van der Waals surface area contributed by atoms with Gasteiger partial charge in [-0.15, -0.1) is 0 Å². The summed E-state index contributed by atoms with van der Waals surface area (Å²) in [6, 6.07) is 12.2.